The van der Waals surface area contributed by atoms with Crippen LogP contribution in [0, 0.1) is 0 Å². The number of anilines is 2. The molecule has 2 N–H and O–H groups in total. The number of halogens is 1. The lowest BCUT2D eigenvalue weighted by Gasteiger charge is -2.08. The van der Waals surface area contributed by atoms with E-state index >= 15 is 0 Å². The molecule has 0 saturated heterocycles. The summed E-state index contributed by atoms with van der Waals surface area (Å²) in [6.45, 7) is 0. The van der Waals surface area contributed by atoms with E-state index in [2.05, 4.69) is 15.0 Å². The highest BCUT2D eigenvalue weighted by molar-refractivity contribution is 6.33. The molecule has 108 valence electrons. The van der Waals surface area contributed by atoms with Gasteiger partial charge in [-0.05, 0) is 30.3 Å². The molecule has 6 nitrogen and oxygen atoms in total. The highest BCUT2D eigenvalue weighted by Gasteiger charge is 2.10. The number of carboxylic acid groups (broad SMARTS) is 1. The summed E-state index contributed by atoms with van der Waals surface area (Å²) in [4.78, 5) is 26.2. The van der Waals surface area contributed by atoms with Crippen LogP contribution in [-0.2, 0) is 4.74 Å². The molecule has 1 aromatic heterocycles. The molecule has 2 rings (SSSR count). The molecule has 0 atom stereocenters. The number of pyridine rings is 1. The Bertz CT molecular complexity index is 703. The summed E-state index contributed by atoms with van der Waals surface area (Å²) >= 11 is 5.89. The number of nitrogens with one attached hydrogen (secondary N) is 1. The maximum absolute atomic E-state index is 11.4. The second-order valence-corrected chi connectivity index (χ2v) is 4.45. The monoisotopic (exact) mass is 306 g/mol. The quantitative estimate of drug-likeness (QED) is 0.844. The summed E-state index contributed by atoms with van der Waals surface area (Å²) < 4.78 is 4.59. The Morgan fingerprint density at radius 2 is 1.95 bits per heavy atom. The van der Waals surface area contributed by atoms with Crippen LogP contribution in [0.3, 0.4) is 0 Å². The normalized spacial score (nSPS) is 10.0. The minimum absolute atomic E-state index is 0.0206. The first-order valence-electron chi connectivity index (χ1n) is 5.85. The van der Waals surface area contributed by atoms with Crippen molar-refractivity contribution in [2.45, 2.75) is 0 Å². The van der Waals surface area contributed by atoms with Gasteiger partial charge in [0.25, 0.3) is 0 Å². The van der Waals surface area contributed by atoms with Crippen molar-refractivity contribution in [1.29, 1.82) is 0 Å². The Balaban J connectivity index is 2.24. The van der Waals surface area contributed by atoms with E-state index in [1.165, 1.54) is 31.5 Å². The molecule has 1 aromatic carbocycles. The van der Waals surface area contributed by atoms with E-state index in [4.69, 9.17) is 16.7 Å². The lowest BCUT2D eigenvalue weighted by atomic mass is 10.2. The SMILES string of the molecule is COC(=O)c1cc(Nc2ccc(C(=O)O)c(Cl)c2)ccn1. The number of nitrogens with zero attached hydrogens (tertiary/aromatic N) is 1. The third-order valence-electron chi connectivity index (χ3n) is 2.64. The standard InChI is InChI=1S/C14H11ClN2O4/c1-21-14(20)12-7-9(4-5-16-12)17-8-2-3-10(13(18)19)11(15)6-8/h2-7H,1H3,(H,16,17)(H,18,19). The van der Waals surface area contributed by atoms with Crippen molar-refractivity contribution in [1.82, 2.24) is 4.98 Å². The van der Waals surface area contributed by atoms with E-state index in [1.807, 2.05) is 0 Å². The third-order valence-corrected chi connectivity index (χ3v) is 2.96. The van der Waals surface area contributed by atoms with Crippen molar-refractivity contribution < 1.29 is 19.4 Å². The number of carbonyl (C=O) groups is 2. The Morgan fingerprint density at radius 1 is 1.24 bits per heavy atom. The van der Waals surface area contributed by atoms with Crippen LogP contribution in [0.25, 0.3) is 0 Å². The van der Waals surface area contributed by atoms with Crippen LogP contribution in [0.15, 0.2) is 36.5 Å². The fourth-order valence-corrected chi connectivity index (χ4v) is 1.92. The van der Waals surface area contributed by atoms with E-state index in [0.29, 0.717) is 11.4 Å². The topological polar surface area (TPSA) is 88.5 Å². The molecule has 0 aliphatic heterocycles. The highest BCUT2D eigenvalue weighted by Crippen LogP contribution is 2.24. The molecular formula is C14H11ClN2O4. The van der Waals surface area contributed by atoms with Crippen LogP contribution in [0.4, 0.5) is 11.4 Å². The molecule has 0 bridgehead atoms. The summed E-state index contributed by atoms with van der Waals surface area (Å²) in [6.07, 6.45) is 1.46. The van der Waals surface area contributed by atoms with Gasteiger partial charge in [-0.1, -0.05) is 11.6 Å². The van der Waals surface area contributed by atoms with Crippen molar-refractivity contribution in [3.63, 3.8) is 0 Å². The maximum Gasteiger partial charge on any atom is 0.356 e. The number of aromatic carboxylic acids is 1. The number of carboxylic acids is 1. The molecule has 0 aliphatic rings. The average molecular weight is 307 g/mol. The van der Waals surface area contributed by atoms with Crippen LogP contribution in [0.2, 0.25) is 5.02 Å². The Morgan fingerprint density at radius 3 is 2.57 bits per heavy atom. The Labute approximate surface area is 125 Å². The lowest BCUT2D eigenvalue weighted by Crippen LogP contribution is -2.04. The van der Waals surface area contributed by atoms with Crippen LogP contribution < -0.4 is 5.32 Å². The molecule has 1 heterocycles. The second-order valence-electron chi connectivity index (χ2n) is 4.05. The summed E-state index contributed by atoms with van der Waals surface area (Å²) in [5, 5.41) is 12.0. The van der Waals surface area contributed by atoms with Crippen molar-refractivity contribution >= 4 is 34.9 Å². The zero-order valence-corrected chi connectivity index (χ0v) is 11.7. The minimum Gasteiger partial charge on any atom is -0.478 e. The van der Waals surface area contributed by atoms with Gasteiger partial charge in [-0.2, -0.15) is 0 Å². The van der Waals surface area contributed by atoms with Gasteiger partial charge in [0.1, 0.15) is 5.69 Å². The zero-order valence-electron chi connectivity index (χ0n) is 11.0. The number of benzene rings is 1. The van der Waals surface area contributed by atoms with Gasteiger partial charge in [0.2, 0.25) is 0 Å². The number of hydrogen-bond acceptors (Lipinski definition) is 5. The number of methoxy groups -OCH3 is 1. The third kappa shape index (κ3) is 3.49. The molecule has 0 aliphatic carbocycles. The molecule has 0 unspecified atom stereocenters. The smallest absolute Gasteiger partial charge is 0.356 e. The molecular weight excluding hydrogens is 296 g/mol. The first-order valence-corrected chi connectivity index (χ1v) is 6.23. The van der Waals surface area contributed by atoms with Gasteiger partial charge >= 0.3 is 11.9 Å². The fourth-order valence-electron chi connectivity index (χ4n) is 1.66. The Kier molecular flexibility index (Phi) is 4.39. The second kappa shape index (κ2) is 6.23. The molecule has 7 heteroatoms. The minimum atomic E-state index is -1.09. The van der Waals surface area contributed by atoms with Gasteiger partial charge in [-0.25, -0.2) is 14.6 Å². The summed E-state index contributed by atoms with van der Waals surface area (Å²) in [7, 11) is 1.27. The van der Waals surface area contributed by atoms with E-state index < -0.39 is 11.9 Å². The van der Waals surface area contributed by atoms with Crippen molar-refractivity contribution in [2.24, 2.45) is 0 Å². The average Bonchev–Trinajstić information content (AvgIpc) is 2.46. The van der Waals surface area contributed by atoms with Crippen LogP contribution in [-0.4, -0.2) is 29.1 Å². The molecule has 2 aromatic rings. The van der Waals surface area contributed by atoms with Crippen molar-refractivity contribution in [2.75, 3.05) is 12.4 Å². The molecule has 0 amide bonds. The molecule has 21 heavy (non-hydrogen) atoms. The van der Waals surface area contributed by atoms with Gasteiger partial charge in [0.05, 0.1) is 17.7 Å². The van der Waals surface area contributed by atoms with Crippen LogP contribution in [0.5, 0.6) is 0 Å². The van der Waals surface area contributed by atoms with Gasteiger partial charge in [0, 0.05) is 17.6 Å². The van der Waals surface area contributed by atoms with E-state index in [9.17, 15) is 9.59 Å². The summed E-state index contributed by atoms with van der Waals surface area (Å²) in [5.41, 5.74) is 1.37. The number of rotatable bonds is 4. The van der Waals surface area contributed by atoms with Crippen LogP contribution in [0.1, 0.15) is 20.8 Å². The number of aromatic nitrogens is 1. The summed E-state index contributed by atoms with van der Waals surface area (Å²) in [6, 6.07) is 7.64. The van der Waals surface area contributed by atoms with Gasteiger partial charge in [0.15, 0.2) is 0 Å². The number of esters is 1. The van der Waals surface area contributed by atoms with Crippen molar-refractivity contribution in [3.05, 3.63) is 52.8 Å². The maximum atomic E-state index is 11.4. The van der Waals surface area contributed by atoms with E-state index in [0.717, 1.165) is 0 Å². The van der Waals surface area contributed by atoms with Gasteiger partial charge in [-0.15, -0.1) is 0 Å². The predicted molar refractivity (Wildman–Crippen MR) is 77.3 cm³/mol. The lowest BCUT2D eigenvalue weighted by molar-refractivity contribution is 0.0593. The molecule has 0 fully saturated rings. The largest absolute Gasteiger partial charge is 0.478 e. The molecule has 0 saturated carbocycles. The molecule has 0 spiro atoms. The van der Waals surface area contributed by atoms with Gasteiger partial charge in [-0.3, -0.25) is 0 Å². The number of hydrogen-bond donors (Lipinski definition) is 2. The first kappa shape index (κ1) is 14.8. The number of carbonyl (C=O) groups excluding carboxylic acids is 1. The first-order chi connectivity index (χ1) is 10.0. The fraction of sp³-hybridized carbons (Fsp3) is 0.0714. The van der Waals surface area contributed by atoms with E-state index in [1.54, 1.807) is 12.1 Å². The predicted octanol–water partition coefficient (Wildman–Crippen LogP) is 2.96. The van der Waals surface area contributed by atoms with E-state index in [-0.39, 0.29) is 16.3 Å². The Hall–Kier alpha value is -2.60. The number of ether oxygens (including phenoxy) is 1. The molecule has 0 radical (unpaired) electrons. The van der Waals surface area contributed by atoms with Crippen molar-refractivity contribution in [3.8, 4) is 0 Å². The highest BCUT2D eigenvalue weighted by atomic mass is 35.5. The zero-order chi connectivity index (χ0) is 15.4. The van der Waals surface area contributed by atoms with Gasteiger partial charge < -0.3 is 15.2 Å². The van der Waals surface area contributed by atoms with Crippen LogP contribution >= 0.6 is 11.6 Å². The summed E-state index contributed by atoms with van der Waals surface area (Å²) in [5.74, 6) is -1.64.